The highest BCUT2D eigenvalue weighted by molar-refractivity contribution is 4.82. The van der Waals surface area contributed by atoms with Crippen LogP contribution in [0.5, 0.6) is 0 Å². The fraction of sp³-hybridized carbons (Fsp3) is 0.913. The molecule has 0 rings (SSSR count). The summed E-state index contributed by atoms with van der Waals surface area (Å²) in [6.45, 7) is 10.7. The molecule has 8 heteroatoms. The smallest absolute Gasteiger partial charge is 0.101 e. The summed E-state index contributed by atoms with van der Waals surface area (Å²) in [5.41, 5.74) is 0. The zero-order chi connectivity index (χ0) is 38.3. The zero-order valence-electron chi connectivity index (χ0n) is 36.1. The molecule has 6 nitrogen and oxygen atoms in total. The second kappa shape index (κ2) is 57.1. The van der Waals surface area contributed by atoms with Crippen molar-refractivity contribution in [2.45, 2.75) is 206 Å². The summed E-state index contributed by atoms with van der Waals surface area (Å²) in [5.74, 6) is 0. The highest BCUT2D eigenvalue weighted by Gasteiger charge is 2.07. The molecule has 0 aromatic heterocycles. The second-order valence-electron chi connectivity index (χ2n) is 15.5. The fourth-order valence-corrected chi connectivity index (χ4v) is 6.98. The maximum absolute atomic E-state index is 9.00. The van der Waals surface area contributed by atoms with Crippen molar-refractivity contribution in [1.29, 1.82) is 0 Å². The fourth-order valence-electron chi connectivity index (χ4n) is 6.98. The van der Waals surface area contributed by atoms with Gasteiger partial charge in [0, 0.05) is 0 Å². The van der Waals surface area contributed by atoms with Gasteiger partial charge in [-0.15, -0.1) is 0 Å². The van der Waals surface area contributed by atoms with Crippen LogP contribution >= 0.6 is 0 Å². The Morgan fingerprint density at radius 1 is 0.278 bits per heavy atom. The Morgan fingerprint density at radius 3 is 0.704 bits per heavy atom. The third-order valence-corrected chi connectivity index (χ3v) is 10.4. The van der Waals surface area contributed by atoms with E-state index < -0.39 is 0 Å². The van der Waals surface area contributed by atoms with E-state index in [0.29, 0.717) is 0 Å². The summed E-state index contributed by atoms with van der Waals surface area (Å²) in [6.07, 6.45) is 50.0. The van der Waals surface area contributed by atoms with Gasteiger partial charge >= 0.3 is 0 Å². The first kappa shape index (κ1) is 60.5. The number of quaternary nitrogens is 2. The Balaban J connectivity index is -0.000000446. The molecule has 0 aliphatic rings. The number of nitrogens with one attached hydrogen (secondary N) is 2. The number of halogens is 2. The molecule has 0 spiro atoms. The van der Waals surface area contributed by atoms with Gasteiger partial charge in [-0.1, -0.05) is 154 Å². The van der Waals surface area contributed by atoms with Crippen LogP contribution in [-0.4, -0.2) is 86.1 Å². The van der Waals surface area contributed by atoms with Crippen molar-refractivity contribution in [2.75, 3.05) is 65.7 Å². The molecule has 0 aliphatic heterocycles. The van der Waals surface area contributed by atoms with Gasteiger partial charge in [0.05, 0.1) is 39.5 Å². The summed E-state index contributed by atoms with van der Waals surface area (Å²) in [4.78, 5) is 2.67. The second-order valence-corrected chi connectivity index (χ2v) is 15.5. The molecule has 328 valence electrons. The molecule has 0 aromatic rings. The molecule has 0 heterocycles. The van der Waals surface area contributed by atoms with Crippen molar-refractivity contribution >= 4 is 0 Å². The van der Waals surface area contributed by atoms with Crippen molar-refractivity contribution in [1.82, 2.24) is 0 Å². The van der Waals surface area contributed by atoms with Crippen LogP contribution in [0.4, 0.5) is 0 Å². The minimum Gasteiger partial charge on any atom is -1.00 e. The van der Waals surface area contributed by atoms with Crippen LogP contribution in [0.25, 0.3) is 0 Å². The SMILES string of the molecule is CCCCCCCCCC=CCCCCCCCC[NH+](CCO)CCO.CCCCCCCCCC=CCCCCCCCC[NH+](CCO)CCO.[Cl-].[Cl-]. The molecular weight excluding hydrogens is 715 g/mol. The zero-order valence-corrected chi connectivity index (χ0v) is 37.7. The van der Waals surface area contributed by atoms with Gasteiger partial charge in [0.15, 0.2) is 0 Å². The van der Waals surface area contributed by atoms with E-state index >= 15 is 0 Å². The number of unbranched alkanes of at least 4 members (excludes halogenated alkanes) is 26. The van der Waals surface area contributed by atoms with Crippen LogP contribution in [0.15, 0.2) is 24.3 Å². The third-order valence-electron chi connectivity index (χ3n) is 10.4. The molecule has 0 bridgehead atoms. The Labute approximate surface area is 350 Å². The van der Waals surface area contributed by atoms with Crippen molar-refractivity contribution in [3.05, 3.63) is 24.3 Å². The van der Waals surface area contributed by atoms with E-state index in [4.69, 9.17) is 20.4 Å². The van der Waals surface area contributed by atoms with Crippen LogP contribution in [-0.2, 0) is 0 Å². The van der Waals surface area contributed by atoms with E-state index in [-0.39, 0.29) is 51.2 Å². The summed E-state index contributed by atoms with van der Waals surface area (Å²) in [6, 6.07) is 0. The summed E-state index contributed by atoms with van der Waals surface area (Å²) >= 11 is 0. The Morgan fingerprint density at radius 2 is 0.481 bits per heavy atom. The van der Waals surface area contributed by atoms with Crippen LogP contribution in [0.3, 0.4) is 0 Å². The van der Waals surface area contributed by atoms with E-state index in [1.54, 1.807) is 0 Å². The number of aliphatic hydroxyl groups is 4. The molecule has 0 aromatic carbocycles. The topological polar surface area (TPSA) is 89.8 Å². The molecule has 6 N–H and O–H groups in total. The van der Waals surface area contributed by atoms with Gasteiger partial charge in [0.2, 0.25) is 0 Å². The first-order valence-electron chi connectivity index (χ1n) is 23.1. The molecule has 0 atom stereocenters. The number of hydrogen-bond donors (Lipinski definition) is 6. The van der Waals surface area contributed by atoms with Crippen LogP contribution in [0, 0.1) is 0 Å². The largest absolute Gasteiger partial charge is 1.00 e. The summed E-state index contributed by atoms with van der Waals surface area (Å²) < 4.78 is 0. The third kappa shape index (κ3) is 53.9. The molecule has 0 saturated carbocycles. The maximum Gasteiger partial charge on any atom is 0.101 e. The van der Waals surface area contributed by atoms with Crippen LogP contribution in [0.2, 0.25) is 0 Å². The predicted molar refractivity (Wildman–Crippen MR) is 228 cm³/mol. The summed E-state index contributed by atoms with van der Waals surface area (Å²) in [7, 11) is 0. The molecule has 54 heavy (non-hydrogen) atoms. The van der Waals surface area contributed by atoms with Crippen LogP contribution < -0.4 is 34.6 Å². The van der Waals surface area contributed by atoms with Gasteiger partial charge in [0.25, 0.3) is 0 Å². The molecule has 0 fully saturated rings. The average molecular weight is 812 g/mol. The van der Waals surface area contributed by atoms with Gasteiger partial charge in [-0.05, 0) is 77.0 Å². The van der Waals surface area contributed by atoms with Crippen LogP contribution in [0.1, 0.15) is 206 Å². The molecule has 0 saturated heterocycles. The number of allylic oxidation sites excluding steroid dienone is 4. The van der Waals surface area contributed by atoms with Gasteiger partial charge in [-0.2, -0.15) is 0 Å². The van der Waals surface area contributed by atoms with Crippen molar-refractivity contribution in [3.8, 4) is 0 Å². The van der Waals surface area contributed by atoms with Crippen molar-refractivity contribution in [2.24, 2.45) is 0 Å². The highest BCUT2D eigenvalue weighted by atomic mass is 35.5. The highest BCUT2D eigenvalue weighted by Crippen LogP contribution is 2.12. The first-order chi connectivity index (χ1) is 25.7. The molecule has 0 aliphatic carbocycles. The molecular formula is C46H96Cl2N2O4. The maximum atomic E-state index is 9.00. The van der Waals surface area contributed by atoms with Crippen molar-refractivity contribution in [3.63, 3.8) is 0 Å². The van der Waals surface area contributed by atoms with Gasteiger partial charge in [0.1, 0.15) is 26.2 Å². The van der Waals surface area contributed by atoms with Gasteiger partial charge < -0.3 is 55.0 Å². The lowest BCUT2D eigenvalue weighted by atomic mass is 10.1. The van der Waals surface area contributed by atoms with Gasteiger partial charge in [-0.3, -0.25) is 0 Å². The lowest BCUT2D eigenvalue weighted by Gasteiger charge is -2.17. The molecule has 0 unspecified atom stereocenters. The van der Waals surface area contributed by atoms with E-state index in [1.807, 2.05) is 0 Å². The average Bonchev–Trinajstić information content (AvgIpc) is 3.14. The molecule has 0 amide bonds. The van der Waals surface area contributed by atoms with E-state index in [9.17, 15) is 0 Å². The van der Waals surface area contributed by atoms with E-state index in [0.717, 1.165) is 39.3 Å². The number of rotatable bonds is 42. The quantitative estimate of drug-likeness (QED) is 0.0423. The minimum absolute atomic E-state index is 0. The normalized spacial score (nSPS) is 11.4. The first-order valence-corrected chi connectivity index (χ1v) is 23.1. The monoisotopic (exact) mass is 811 g/mol. The lowest BCUT2D eigenvalue weighted by molar-refractivity contribution is -0.901. The Bertz CT molecular complexity index is 619. The van der Waals surface area contributed by atoms with E-state index in [1.165, 1.54) is 202 Å². The minimum atomic E-state index is 0. The van der Waals surface area contributed by atoms with Gasteiger partial charge in [-0.25, -0.2) is 0 Å². The standard InChI is InChI=1S/2C23H47NO2.2ClH/c2*1-2-3-4-5-6-7-8-9-10-11-12-13-14-15-16-17-18-19-24(20-22-25)21-23-26;;/h2*10-11,25-26H,2-9,12-23H2,1H3;2*1H. The molecule has 0 radical (unpaired) electrons. The Hall–Kier alpha value is -0.180. The Kier molecular flexibility index (Phi) is 64.0. The number of aliphatic hydroxyl groups excluding tert-OH is 4. The lowest BCUT2D eigenvalue weighted by Crippen LogP contribution is -3.13. The van der Waals surface area contributed by atoms with Crippen molar-refractivity contribution < 1.29 is 55.0 Å². The van der Waals surface area contributed by atoms with E-state index in [2.05, 4.69) is 38.2 Å². The summed E-state index contributed by atoms with van der Waals surface area (Å²) in [5, 5.41) is 36.0. The predicted octanol–water partition coefficient (Wildman–Crippen LogP) is 2.58. The number of hydrogen-bond acceptors (Lipinski definition) is 4.